The highest BCUT2D eigenvalue weighted by Crippen LogP contribution is 2.18. The van der Waals surface area contributed by atoms with Crippen molar-refractivity contribution in [2.24, 2.45) is 0 Å². The molecule has 2 N–H and O–H groups in total. The summed E-state index contributed by atoms with van der Waals surface area (Å²) in [7, 11) is 0. The lowest BCUT2D eigenvalue weighted by molar-refractivity contribution is 0.0921. The number of hydrogen-bond acceptors (Lipinski definition) is 3. The zero-order valence-corrected chi connectivity index (χ0v) is 8.57. The van der Waals surface area contributed by atoms with Crippen LogP contribution < -0.4 is 5.32 Å². The predicted molar refractivity (Wildman–Crippen MR) is 54.6 cm³/mol. The summed E-state index contributed by atoms with van der Waals surface area (Å²) in [5.74, 6) is 1.14. The smallest absolute Gasteiger partial charge is 0.0693 e. The lowest BCUT2D eigenvalue weighted by atomic mass is 9.93. The van der Waals surface area contributed by atoms with E-state index in [1.165, 1.54) is 12.8 Å². The van der Waals surface area contributed by atoms with Gasteiger partial charge in [0.2, 0.25) is 0 Å². The predicted octanol–water partition coefficient (Wildman–Crippen LogP) is 1.24. The molecule has 0 radical (unpaired) electrons. The first kappa shape index (κ1) is 10.4. The average molecular weight is 189 g/mol. The van der Waals surface area contributed by atoms with Crippen LogP contribution in [-0.2, 0) is 0 Å². The first-order chi connectivity index (χ1) is 5.84. The first-order valence-corrected chi connectivity index (χ1v) is 6.14. The molecule has 1 fully saturated rings. The van der Waals surface area contributed by atoms with Gasteiger partial charge in [0.25, 0.3) is 0 Å². The molecule has 2 nitrogen and oxygen atoms in total. The third kappa shape index (κ3) is 3.33. The SMILES string of the molecule is CSCCNC1CCCCC1O. The van der Waals surface area contributed by atoms with E-state index >= 15 is 0 Å². The molecule has 0 aromatic heterocycles. The van der Waals surface area contributed by atoms with E-state index in [1.54, 1.807) is 0 Å². The van der Waals surface area contributed by atoms with Gasteiger partial charge in [-0.2, -0.15) is 11.8 Å². The van der Waals surface area contributed by atoms with Crippen molar-refractivity contribution in [3.05, 3.63) is 0 Å². The van der Waals surface area contributed by atoms with Crippen molar-refractivity contribution in [1.29, 1.82) is 0 Å². The Kier molecular flexibility index (Phi) is 5.04. The fourth-order valence-electron chi connectivity index (χ4n) is 1.70. The van der Waals surface area contributed by atoms with Crippen molar-refractivity contribution in [2.75, 3.05) is 18.6 Å². The van der Waals surface area contributed by atoms with Gasteiger partial charge < -0.3 is 10.4 Å². The Morgan fingerprint density at radius 2 is 2.17 bits per heavy atom. The van der Waals surface area contributed by atoms with Crippen LogP contribution in [-0.4, -0.2) is 35.8 Å². The van der Waals surface area contributed by atoms with Gasteiger partial charge in [-0.1, -0.05) is 12.8 Å². The first-order valence-electron chi connectivity index (χ1n) is 4.75. The zero-order valence-electron chi connectivity index (χ0n) is 7.75. The molecule has 2 unspecified atom stereocenters. The summed E-state index contributed by atoms with van der Waals surface area (Å²) in [6.07, 6.45) is 6.61. The standard InChI is InChI=1S/C9H19NOS/c1-12-7-6-10-8-4-2-3-5-9(8)11/h8-11H,2-7H2,1H3. The molecular formula is C9H19NOS. The van der Waals surface area contributed by atoms with E-state index in [0.29, 0.717) is 6.04 Å². The van der Waals surface area contributed by atoms with Gasteiger partial charge in [0.1, 0.15) is 0 Å². The molecule has 0 spiro atoms. The highest BCUT2D eigenvalue weighted by atomic mass is 32.2. The molecule has 2 atom stereocenters. The van der Waals surface area contributed by atoms with Crippen LogP contribution in [0.3, 0.4) is 0 Å². The van der Waals surface area contributed by atoms with Crippen LogP contribution in [0.2, 0.25) is 0 Å². The molecule has 0 amide bonds. The summed E-state index contributed by atoms with van der Waals surface area (Å²) in [5.41, 5.74) is 0. The molecule has 72 valence electrons. The minimum absolute atomic E-state index is 0.0967. The second-order valence-electron chi connectivity index (χ2n) is 3.41. The van der Waals surface area contributed by atoms with E-state index in [9.17, 15) is 5.11 Å². The van der Waals surface area contributed by atoms with Crippen LogP contribution in [0.25, 0.3) is 0 Å². The summed E-state index contributed by atoms with van der Waals surface area (Å²) in [6, 6.07) is 0.367. The van der Waals surface area contributed by atoms with Gasteiger partial charge in [0.05, 0.1) is 6.10 Å². The van der Waals surface area contributed by atoms with E-state index in [0.717, 1.165) is 25.1 Å². The summed E-state index contributed by atoms with van der Waals surface area (Å²) in [4.78, 5) is 0. The van der Waals surface area contributed by atoms with E-state index in [1.807, 2.05) is 11.8 Å². The zero-order chi connectivity index (χ0) is 8.81. The summed E-state index contributed by atoms with van der Waals surface area (Å²) >= 11 is 1.85. The largest absolute Gasteiger partial charge is 0.392 e. The molecule has 12 heavy (non-hydrogen) atoms. The average Bonchev–Trinajstić information content (AvgIpc) is 2.09. The number of aliphatic hydroxyl groups is 1. The third-order valence-electron chi connectivity index (χ3n) is 2.44. The van der Waals surface area contributed by atoms with E-state index in [-0.39, 0.29) is 6.10 Å². The maximum atomic E-state index is 9.60. The summed E-state index contributed by atoms with van der Waals surface area (Å²) < 4.78 is 0. The second kappa shape index (κ2) is 5.84. The van der Waals surface area contributed by atoms with Crippen LogP contribution in [0.5, 0.6) is 0 Å². The summed E-state index contributed by atoms with van der Waals surface area (Å²) in [5, 5.41) is 13.0. The maximum absolute atomic E-state index is 9.60. The molecule has 0 saturated heterocycles. The van der Waals surface area contributed by atoms with Crippen LogP contribution >= 0.6 is 11.8 Å². The topological polar surface area (TPSA) is 32.3 Å². The highest BCUT2D eigenvalue weighted by Gasteiger charge is 2.21. The van der Waals surface area contributed by atoms with Crippen molar-refractivity contribution in [2.45, 2.75) is 37.8 Å². The molecular weight excluding hydrogens is 170 g/mol. The highest BCUT2D eigenvalue weighted by molar-refractivity contribution is 7.98. The Labute approximate surface area is 79.1 Å². The quantitative estimate of drug-likeness (QED) is 0.653. The van der Waals surface area contributed by atoms with Crippen LogP contribution in [0.4, 0.5) is 0 Å². The lowest BCUT2D eigenvalue weighted by Gasteiger charge is -2.28. The second-order valence-corrected chi connectivity index (χ2v) is 4.39. The minimum Gasteiger partial charge on any atom is -0.392 e. The Morgan fingerprint density at radius 1 is 1.42 bits per heavy atom. The fraction of sp³-hybridized carbons (Fsp3) is 1.00. The van der Waals surface area contributed by atoms with Crippen molar-refractivity contribution in [3.8, 4) is 0 Å². The van der Waals surface area contributed by atoms with Crippen molar-refractivity contribution >= 4 is 11.8 Å². The molecule has 0 aromatic rings. The molecule has 1 rings (SSSR count). The molecule has 3 heteroatoms. The van der Waals surface area contributed by atoms with Gasteiger partial charge in [-0.15, -0.1) is 0 Å². The Hall–Kier alpha value is 0.270. The normalized spacial score (nSPS) is 30.5. The van der Waals surface area contributed by atoms with Gasteiger partial charge in [-0.25, -0.2) is 0 Å². The van der Waals surface area contributed by atoms with Crippen LogP contribution in [0.15, 0.2) is 0 Å². The Morgan fingerprint density at radius 3 is 2.83 bits per heavy atom. The van der Waals surface area contributed by atoms with Crippen LogP contribution in [0.1, 0.15) is 25.7 Å². The molecule has 0 heterocycles. The summed E-state index contributed by atoms with van der Waals surface area (Å²) in [6.45, 7) is 1.03. The number of thioether (sulfide) groups is 1. The van der Waals surface area contributed by atoms with Crippen molar-refractivity contribution in [3.63, 3.8) is 0 Å². The van der Waals surface area contributed by atoms with E-state index < -0.39 is 0 Å². The molecule has 1 aliphatic carbocycles. The Balaban J connectivity index is 2.11. The number of aliphatic hydroxyl groups excluding tert-OH is 1. The van der Waals surface area contributed by atoms with Crippen LogP contribution in [0, 0.1) is 0 Å². The molecule has 0 aliphatic heterocycles. The molecule has 0 bridgehead atoms. The van der Waals surface area contributed by atoms with Crippen molar-refractivity contribution < 1.29 is 5.11 Å². The Bertz CT molecular complexity index is 121. The monoisotopic (exact) mass is 189 g/mol. The van der Waals surface area contributed by atoms with Gasteiger partial charge in [-0.3, -0.25) is 0 Å². The minimum atomic E-state index is -0.0967. The van der Waals surface area contributed by atoms with Gasteiger partial charge in [0.15, 0.2) is 0 Å². The number of hydrogen-bond donors (Lipinski definition) is 2. The van der Waals surface area contributed by atoms with E-state index in [2.05, 4.69) is 11.6 Å². The number of rotatable bonds is 4. The van der Waals surface area contributed by atoms with E-state index in [4.69, 9.17) is 0 Å². The fourth-order valence-corrected chi connectivity index (χ4v) is 2.02. The van der Waals surface area contributed by atoms with Crippen molar-refractivity contribution in [1.82, 2.24) is 5.32 Å². The maximum Gasteiger partial charge on any atom is 0.0693 e. The molecule has 1 aliphatic rings. The molecule has 1 saturated carbocycles. The van der Waals surface area contributed by atoms with Gasteiger partial charge in [-0.05, 0) is 19.1 Å². The number of nitrogens with one attached hydrogen (secondary N) is 1. The van der Waals surface area contributed by atoms with Gasteiger partial charge >= 0.3 is 0 Å². The molecule has 0 aromatic carbocycles. The van der Waals surface area contributed by atoms with Gasteiger partial charge in [0, 0.05) is 18.3 Å². The third-order valence-corrected chi connectivity index (χ3v) is 3.05. The lowest BCUT2D eigenvalue weighted by Crippen LogP contribution is -2.42.